The molecule has 1 saturated heterocycles. The third-order valence-electron chi connectivity index (χ3n) is 3.22. The van der Waals surface area contributed by atoms with Crippen LogP contribution in [0.15, 0.2) is 18.2 Å². The fourth-order valence-corrected chi connectivity index (χ4v) is 2.41. The zero-order chi connectivity index (χ0) is 11.8. The molecule has 17 heavy (non-hydrogen) atoms. The lowest BCUT2D eigenvalue weighted by molar-refractivity contribution is 0.925. The van der Waals surface area contributed by atoms with E-state index in [0.717, 1.165) is 41.3 Å². The van der Waals surface area contributed by atoms with E-state index in [1.165, 1.54) is 12.8 Å². The average Bonchev–Trinajstić information content (AvgIpc) is 2.82. The molecule has 2 heterocycles. The summed E-state index contributed by atoms with van der Waals surface area (Å²) in [5, 5.41) is 1.07. The summed E-state index contributed by atoms with van der Waals surface area (Å²) in [4.78, 5) is 11.4. The van der Waals surface area contributed by atoms with Gasteiger partial charge in [-0.2, -0.15) is 0 Å². The van der Waals surface area contributed by atoms with Crippen molar-refractivity contribution in [2.24, 2.45) is 0 Å². The first-order valence-corrected chi connectivity index (χ1v) is 6.03. The van der Waals surface area contributed by atoms with Gasteiger partial charge in [0.25, 0.3) is 0 Å². The predicted octanol–water partition coefficient (Wildman–Crippen LogP) is 2.12. The Labute approximate surface area is 100 Å². The molecule has 1 aliphatic heterocycles. The Balaban J connectivity index is 2.23. The van der Waals surface area contributed by atoms with Gasteiger partial charge in [-0.25, -0.2) is 9.97 Å². The number of hydrogen-bond donors (Lipinski definition) is 1. The van der Waals surface area contributed by atoms with Crippen LogP contribution in [0.3, 0.4) is 0 Å². The first-order valence-electron chi connectivity index (χ1n) is 6.03. The van der Waals surface area contributed by atoms with Gasteiger partial charge in [0.2, 0.25) is 0 Å². The van der Waals surface area contributed by atoms with Crippen LogP contribution in [0.25, 0.3) is 10.9 Å². The first kappa shape index (κ1) is 10.3. The zero-order valence-corrected chi connectivity index (χ0v) is 9.98. The van der Waals surface area contributed by atoms with Gasteiger partial charge in [-0.3, -0.25) is 0 Å². The van der Waals surface area contributed by atoms with Crippen LogP contribution in [0.4, 0.5) is 11.5 Å². The van der Waals surface area contributed by atoms with E-state index in [2.05, 4.69) is 14.9 Å². The topological polar surface area (TPSA) is 55.0 Å². The summed E-state index contributed by atoms with van der Waals surface area (Å²) in [7, 11) is 0. The van der Waals surface area contributed by atoms with Gasteiger partial charge >= 0.3 is 0 Å². The highest BCUT2D eigenvalue weighted by atomic mass is 15.2. The molecule has 1 fully saturated rings. The van der Waals surface area contributed by atoms with E-state index in [-0.39, 0.29) is 0 Å². The van der Waals surface area contributed by atoms with E-state index in [0.29, 0.717) is 0 Å². The molecule has 0 spiro atoms. The Morgan fingerprint density at radius 2 is 1.94 bits per heavy atom. The van der Waals surface area contributed by atoms with E-state index in [4.69, 9.17) is 5.73 Å². The molecule has 1 aromatic heterocycles. The van der Waals surface area contributed by atoms with Crippen LogP contribution in [0.1, 0.15) is 18.7 Å². The molecule has 2 aromatic rings. The minimum Gasteiger partial charge on any atom is -0.399 e. The van der Waals surface area contributed by atoms with Gasteiger partial charge in [0.05, 0.1) is 5.52 Å². The number of rotatable bonds is 1. The number of nitrogen functional groups attached to an aromatic ring is 1. The second-order valence-corrected chi connectivity index (χ2v) is 4.57. The number of fused-ring (bicyclic) bond motifs is 1. The van der Waals surface area contributed by atoms with E-state index in [1.54, 1.807) is 0 Å². The van der Waals surface area contributed by atoms with Gasteiger partial charge in [0, 0.05) is 24.2 Å². The Morgan fingerprint density at radius 1 is 1.18 bits per heavy atom. The highest BCUT2D eigenvalue weighted by Crippen LogP contribution is 2.28. The highest BCUT2D eigenvalue weighted by molar-refractivity contribution is 5.91. The zero-order valence-electron chi connectivity index (χ0n) is 9.98. The van der Waals surface area contributed by atoms with Crippen LogP contribution in [-0.2, 0) is 0 Å². The van der Waals surface area contributed by atoms with Crippen molar-refractivity contribution in [1.29, 1.82) is 0 Å². The summed E-state index contributed by atoms with van der Waals surface area (Å²) in [6, 6.07) is 5.84. The monoisotopic (exact) mass is 228 g/mol. The number of nitrogens with zero attached hydrogens (tertiary/aromatic N) is 3. The maximum Gasteiger partial charge on any atom is 0.140 e. The highest BCUT2D eigenvalue weighted by Gasteiger charge is 2.17. The van der Waals surface area contributed by atoms with Crippen molar-refractivity contribution in [2.75, 3.05) is 23.7 Å². The van der Waals surface area contributed by atoms with Gasteiger partial charge in [-0.05, 0) is 38.0 Å². The van der Waals surface area contributed by atoms with Crippen molar-refractivity contribution in [1.82, 2.24) is 9.97 Å². The molecule has 0 radical (unpaired) electrons. The minimum absolute atomic E-state index is 0.769. The second-order valence-electron chi connectivity index (χ2n) is 4.57. The molecule has 88 valence electrons. The number of aromatic nitrogens is 2. The van der Waals surface area contributed by atoms with Gasteiger partial charge in [0.1, 0.15) is 11.6 Å². The van der Waals surface area contributed by atoms with Crippen LogP contribution >= 0.6 is 0 Å². The molecule has 0 aliphatic carbocycles. The lowest BCUT2D eigenvalue weighted by Crippen LogP contribution is -2.20. The molecule has 2 N–H and O–H groups in total. The summed E-state index contributed by atoms with van der Waals surface area (Å²) in [6.07, 6.45) is 2.49. The van der Waals surface area contributed by atoms with Crippen molar-refractivity contribution in [3.05, 3.63) is 24.0 Å². The van der Waals surface area contributed by atoms with Crippen LogP contribution in [0.2, 0.25) is 0 Å². The number of hydrogen-bond acceptors (Lipinski definition) is 4. The molecule has 0 bridgehead atoms. The van der Waals surface area contributed by atoms with Crippen molar-refractivity contribution in [3.63, 3.8) is 0 Å². The van der Waals surface area contributed by atoms with Crippen molar-refractivity contribution in [2.45, 2.75) is 19.8 Å². The van der Waals surface area contributed by atoms with E-state index in [9.17, 15) is 0 Å². The molecule has 1 aromatic carbocycles. The van der Waals surface area contributed by atoms with E-state index >= 15 is 0 Å². The standard InChI is InChI=1S/C13H16N4/c1-9-15-12-5-4-10(14)8-11(12)13(16-9)17-6-2-3-7-17/h4-5,8H,2-3,6-7,14H2,1H3. The molecule has 0 saturated carbocycles. The number of aryl methyl sites for hydroxylation is 1. The molecule has 1 aliphatic rings. The fourth-order valence-electron chi connectivity index (χ4n) is 2.41. The van der Waals surface area contributed by atoms with Crippen LogP contribution in [-0.4, -0.2) is 23.1 Å². The summed E-state index contributed by atoms with van der Waals surface area (Å²) >= 11 is 0. The number of anilines is 2. The molecule has 0 unspecified atom stereocenters. The van der Waals surface area contributed by atoms with Crippen LogP contribution < -0.4 is 10.6 Å². The summed E-state index contributed by atoms with van der Waals surface area (Å²) < 4.78 is 0. The SMILES string of the molecule is Cc1nc(N2CCCC2)c2cc(N)ccc2n1. The summed E-state index contributed by atoms with van der Waals surface area (Å²) in [6.45, 7) is 4.11. The molecule has 0 amide bonds. The summed E-state index contributed by atoms with van der Waals surface area (Å²) in [5.74, 6) is 1.86. The van der Waals surface area contributed by atoms with Crippen molar-refractivity contribution < 1.29 is 0 Å². The van der Waals surface area contributed by atoms with Gasteiger partial charge in [-0.15, -0.1) is 0 Å². The van der Waals surface area contributed by atoms with E-state index in [1.807, 2.05) is 25.1 Å². The van der Waals surface area contributed by atoms with Gasteiger partial charge < -0.3 is 10.6 Å². The average molecular weight is 228 g/mol. The number of benzene rings is 1. The Kier molecular flexibility index (Phi) is 2.35. The number of nitrogens with two attached hydrogens (primary N) is 1. The van der Waals surface area contributed by atoms with Gasteiger partial charge in [0.15, 0.2) is 0 Å². The minimum atomic E-state index is 0.769. The Hall–Kier alpha value is -1.84. The molecule has 3 rings (SSSR count). The summed E-state index contributed by atoms with van der Waals surface area (Å²) in [5.41, 5.74) is 7.60. The second kappa shape index (κ2) is 3.87. The molecular formula is C13H16N4. The predicted molar refractivity (Wildman–Crippen MR) is 70.1 cm³/mol. The normalized spacial score (nSPS) is 15.7. The largest absolute Gasteiger partial charge is 0.399 e. The Bertz CT molecular complexity index is 559. The van der Waals surface area contributed by atoms with Crippen molar-refractivity contribution >= 4 is 22.4 Å². The first-order chi connectivity index (χ1) is 8.24. The lowest BCUT2D eigenvalue weighted by atomic mass is 10.2. The van der Waals surface area contributed by atoms with E-state index < -0.39 is 0 Å². The molecule has 0 atom stereocenters. The molecule has 4 heteroatoms. The quantitative estimate of drug-likeness (QED) is 0.760. The van der Waals surface area contributed by atoms with Gasteiger partial charge in [-0.1, -0.05) is 0 Å². The van der Waals surface area contributed by atoms with Crippen LogP contribution in [0, 0.1) is 6.92 Å². The van der Waals surface area contributed by atoms with Crippen LogP contribution in [0.5, 0.6) is 0 Å². The molecule has 4 nitrogen and oxygen atoms in total. The fraction of sp³-hybridized carbons (Fsp3) is 0.385. The maximum atomic E-state index is 5.86. The third kappa shape index (κ3) is 1.79. The Morgan fingerprint density at radius 3 is 2.71 bits per heavy atom. The lowest BCUT2D eigenvalue weighted by Gasteiger charge is -2.18. The van der Waals surface area contributed by atoms with Crippen molar-refractivity contribution in [3.8, 4) is 0 Å². The maximum absolute atomic E-state index is 5.86. The smallest absolute Gasteiger partial charge is 0.140 e. The molecular weight excluding hydrogens is 212 g/mol. The third-order valence-corrected chi connectivity index (χ3v) is 3.22.